The van der Waals surface area contributed by atoms with Gasteiger partial charge in [-0.25, -0.2) is 0 Å². The molecule has 0 radical (unpaired) electrons. The monoisotopic (exact) mass is 238 g/mol. The molecule has 0 amide bonds. The number of hydrogen-bond acceptors (Lipinski definition) is 2. The summed E-state index contributed by atoms with van der Waals surface area (Å²) in [4.78, 5) is 4.34. The number of allylic oxidation sites excluding steroid dienone is 1. The molecule has 0 saturated heterocycles. The summed E-state index contributed by atoms with van der Waals surface area (Å²) in [7, 11) is 0. The fourth-order valence-corrected chi connectivity index (χ4v) is 2.48. The highest BCUT2D eigenvalue weighted by atomic mass is 14.9. The van der Waals surface area contributed by atoms with Crippen molar-refractivity contribution in [3.63, 3.8) is 0 Å². The summed E-state index contributed by atoms with van der Waals surface area (Å²) >= 11 is 0. The molecule has 1 atom stereocenters. The Balaban J connectivity index is 1.69. The van der Waals surface area contributed by atoms with Gasteiger partial charge < -0.3 is 5.32 Å². The number of benzene rings is 1. The van der Waals surface area contributed by atoms with E-state index in [1.54, 1.807) is 0 Å². The third-order valence-corrected chi connectivity index (χ3v) is 3.53. The first-order valence-electron chi connectivity index (χ1n) is 6.64. The van der Waals surface area contributed by atoms with Gasteiger partial charge in [0.2, 0.25) is 0 Å². The molecule has 1 aliphatic rings. The summed E-state index contributed by atoms with van der Waals surface area (Å²) in [5.74, 6) is 0. The van der Waals surface area contributed by atoms with Crippen molar-refractivity contribution in [3.05, 3.63) is 54.2 Å². The number of nitrogens with zero attached hydrogens (tertiary/aromatic N) is 1. The third-order valence-electron chi connectivity index (χ3n) is 3.53. The van der Waals surface area contributed by atoms with E-state index in [0.717, 1.165) is 18.5 Å². The zero-order chi connectivity index (χ0) is 12.2. The molecule has 2 heteroatoms. The summed E-state index contributed by atoms with van der Waals surface area (Å²) in [6, 6.07) is 11.3. The molecule has 0 saturated carbocycles. The van der Waals surface area contributed by atoms with Crippen LogP contribution < -0.4 is 5.32 Å². The first-order chi connectivity index (χ1) is 8.92. The Morgan fingerprint density at radius 1 is 1.22 bits per heavy atom. The van der Waals surface area contributed by atoms with E-state index >= 15 is 0 Å². The molecule has 1 aromatic heterocycles. The number of nitrogens with one attached hydrogen (secondary N) is 1. The largest absolute Gasteiger partial charge is 0.310 e. The maximum absolute atomic E-state index is 4.34. The first-order valence-corrected chi connectivity index (χ1v) is 6.64. The molecule has 92 valence electrons. The number of fused-ring (bicyclic) bond motifs is 1. The highest BCUT2D eigenvalue weighted by Crippen LogP contribution is 2.15. The van der Waals surface area contributed by atoms with E-state index in [1.807, 2.05) is 12.3 Å². The minimum Gasteiger partial charge on any atom is -0.310 e. The Morgan fingerprint density at radius 2 is 2.22 bits per heavy atom. The summed E-state index contributed by atoms with van der Waals surface area (Å²) in [5, 5.41) is 4.85. The average molecular weight is 238 g/mol. The smallest absolute Gasteiger partial charge is 0.0702 e. The van der Waals surface area contributed by atoms with Gasteiger partial charge in [-0.3, -0.25) is 4.98 Å². The van der Waals surface area contributed by atoms with Crippen LogP contribution in [0.3, 0.4) is 0 Å². The molecule has 18 heavy (non-hydrogen) atoms. The SMILES string of the molecule is C1=CCC(NCc2ccc3ncccc3c2)CC1. The van der Waals surface area contributed by atoms with E-state index in [9.17, 15) is 0 Å². The molecule has 0 bridgehead atoms. The van der Waals surface area contributed by atoms with Crippen LogP contribution in [-0.2, 0) is 6.54 Å². The van der Waals surface area contributed by atoms with Crippen LogP contribution in [-0.4, -0.2) is 11.0 Å². The van der Waals surface area contributed by atoms with Crippen molar-refractivity contribution in [2.45, 2.75) is 31.8 Å². The van der Waals surface area contributed by atoms with Crippen molar-refractivity contribution in [1.29, 1.82) is 0 Å². The molecule has 1 unspecified atom stereocenters. The molecule has 1 aliphatic carbocycles. The summed E-state index contributed by atoms with van der Waals surface area (Å²) in [5.41, 5.74) is 2.41. The maximum atomic E-state index is 4.34. The molecule has 1 heterocycles. The van der Waals surface area contributed by atoms with Crippen LogP contribution in [0.1, 0.15) is 24.8 Å². The van der Waals surface area contributed by atoms with Gasteiger partial charge in [-0.1, -0.05) is 24.3 Å². The second kappa shape index (κ2) is 5.32. The Bertz CT molecular complexity index is 560. The Kier molecular flexibility index (Phi) is 3.37. The summed E-state index contributed by atoms with van der Waals surface area (Å²) in [6.45, 7) is 0.948. The van der Waals surface area contributed by atoms with Gasteiger partial charge in [0.25, 0.3) is 0 Å². The van der Waals surface area contributed by atoms with Gasteiger partial charge in [-0.2, -0.15) is 0 Å². The second-order valence-electron chi connectivity index (χ2n) is 4.89. The second-order valence-corrected chi connectivity index (χ2v) is 4.89. The van der Waals surface area contributed by atoms with Crippen LogP contribution in [0.5, 0.6) is 0 Å². The van der Waals surface area contributed by atoms with E-state index in [0.29, 0.717) is 6.04 Å². The molecule has 0 spiro atoms. The van der Waals surface area contributed by atoms with Crippen LogP contribution in [0.2, 0.25) is 0 Å². The molecular formula is C16H18N2. The predicted molar refractivity (Wildman–Crippen MR) is 75.4 cm³/mol. The van der Waals surface area contributed by atoms with Gasteiger partial charge in [-0.15, -0.1) is 0 Å². The van der Waals surface area contributed by atoms with Crippen LogP contribution in [0, 0.1) is 0 Å². The quantitative estimate of drug-likeness (QED) is 0.829. The van der Waals surface area contributed by atoms with Gasteiger partial charge in [-0.05, 0) is 43.0 Å². The lowest BCUT2D eigenvalue weighted by atomic mass is 10.0. The molecule has 2 nitrogen and oxygen atoms in total. The summed E-state index contributed by atoms with van der Waals surface area (Å²) < 4.78 is 0. The van der Waals surface area contributed by atoms with Crippen LogP contribution in [0.15, 0.2) is 48.7 Å². The molecule has 1 aromatic carbocycles. The number of hydrogen-bond donors (Lipinski definition) is 1. The van der Waals surface area contributed by atoms with Crippen molar-refractivity contribution in [2.75, 3.05) is 0 Å². The third kappa shape index (κ3) is 2.59. The fraction of sp³-hybridized carbons (Fsp3) is 0.312. The lowest BCUT2D eigenvalue weighted by Gasteiger charge is -2.19. The summed E-state index contributed by atoms with van der Waals surface area (Å²) in [6.07, 6.45) is 10.0. The average Bonchev–Trinajstić information content (AvgIpc) is 2.46. The molecular weight excluding hydrogens is 220 g/mol. The van der Waals surface area contributed by atoms with Gasteiger partial charge in [0.1, 0.15) is 0 Å². The van der Waals surface area contributed by atoms with E-state index in [4.69, 9.17) is 0 Å². The minimum atomic E-state index is 0.639. The van der Waals surface area contributed by atoms with E-state index in [1.165, 1.54) is 23.8 Å². The van der Waals surface area contributed by atoms with Crippen molar-refractivity contribution in [2.24, 2.45) is 0 Å². The van der Waals surface area contributed by atoms with Crippen molar-refractivity contribution >= 4 is 10.9 Å². The highest BCUT2D eigenvalue weighted by molar-refractivity contribution is 5.78. The molecule has 3 rings (SSSR count). The normalized spacial score (nSPS) is 19.2. The highest BCUT2D eigenvalue weighted by Gasteiger charge is 2.08. The van der Waals surface area contributed by atoms with Crippen molar-refractivity contribution in [3.8, 4) is 0 Å². The molecule has 1 N–H and O–H groups in total. The Labute approximate surface area is 108 Å². The van der Waals surface area contributed by atoms with Crippen LogP contribution >= 0.6 is 0 Å². The molecule has 0 fully saturated rings. The standard InChI is InChI=1S/C16H18N2/c1-2-6-15(7-3-1)18-12-13-8-9-16-14(11-13)5-4-10-17-16/h1-2,4-5,8-11,15,18H,3,6-7,12H2. The number of aromatic nitrogens is 1. The Hall–Kier alpha value is -1.67. The van der Waals surface area contributed by atoms with Gasteiger partial charge in [0.05, 0.1) is 5.52 Å². The van der Waals surface area contributed by atoms with Gasteiger partial charge >= 0.3 is 0 Å². The molecule has 2 aromatic rings. The lowest BCUT2D eigenvalue weighted by molar-refractivity contribution is 0.474. The number of pyridine rings is 1. The number of rotatable bonds is 3. The molecule has 0 aliphatic heterocycles. The topological polar surface area (TPSA) is 24.9 Å². The van der Waals surface area contributed by atoms with Crippen molar-refractivity contribution < 1.29 is 0 Å². The van der Waals surface area contributed by atoms with Crippen LogP contribution in [0.4, 0.5) is 0 Å². The van der Waals surface area contributed by atoms with Crippen LogP contribution in [0.25, 0.3) is 10.9 Å². The minimum absolute atomic E-state index is 0.639. The van der Waals surface area contributed by atoms with E-state index in [-0.39, 0.29) is 0 Å². The zero-order valence-corrected chi connectivity index (χ0v) is 10.5. The lowest BCUT2D eigenvalue weighted by Crippen LogP contribution is -2.29. The Morgan fingerprint density at radius 3 is 3.11 bits per heavy atom. The van der Waals surface area contributed by atoms with Gasteiger partial charge in [0.15, 0.2) is 0 Å². The van der Waals surface area contributed by atoms with E-state index in [2.05, 4.69) is 46.7 Å². The first kappa shape index (κ1) is 11.4. The van der Waals surface area contributed by atoms with E-state index < -0.39 is 0 Å². The predicted octanol–water partition coefficient (Wildman–Crippen LogP) is 3.43. The zero-order valence-electron chi connectivity index (χ0n) is 10.5. The maximum Gasteiger partial charge on any atom is 0.0702 e. The van der Waals surface area contributed by atoms with Gasteiger partial charge in [0, 0.05) is 24.2 Å². The fourth-order valence-electron chi connectivity index (χ4n) is 2.48. The van der Waals surface area contributed by atoms with Crippen molar-refractivity contribution in [1.82, 2.24) is 10.3 Å².